The number of β-amino-alcohol motifs (C(OH)–C–C–N with tert-alkyl or cyclic N) is 1. The number of piperidine rings is 1. The summed E-state index contributed by atoms with van der Waals surface area (Å²) in [6, 6.07) is 5.06. The SMILES string of the molecule is C/C(=C\c1cc(F)cc(N2CCN(CCO)CC2)c1)[C@H]1OC(=O)C[C@H](O)CC[C@H](C)[C@@H](OC(=O)N(C)C2CCN(C)CC2)/C=C\[C@@H]1C. The summed E-state index contributed by atoms with van der Waals surface area (Å²) in [5.41, 5.74) is 2.17. The van der Waals surface area contributed by atoms with Crippen molar-refractivity contribution in [2.45, 2.75) is 77.2 Å². The first-order valence-electron chi connectivity index (χ1n) is 17.2. The Morgan fingerprint density at radius 3 is 2.45 bits per heavy atom. The normalized spacial score (nSPS) is 28.6. The summed E-state index contributed by atoms with van der Waals surface area (Å²) in [4.78, 5) is 34.5. The van der Waals surface area contributed by atoms with Crippen molar-refractivity contribution in [1.29, 1.82) is 0 Å². The zero-order chi connectivity index (χ0) is 34.1. The average molecular weight is 659 g/mol. The van der Waals surface area contributed by atoms with Crippen molar-refractivity contribution >= 4 is 23.8 Å². The minimum atomic E-state index is -0.879. The Balaban J connectivity index is 1.53. The predicted molar refractivity (Wildman–Crippen MR) is 182 cm³/mol. The van der Waals surface area contributed by atoms with E-state index in [0.717, 1.165) is 63.4 Å². The van der Waals surface area contributed by atoms with Crippen LogP contribution in [-0.2, 0) is 14.3 Å². The number of benzene rings is 1. The number of esters is 1. The van der Waals surface area contributed by atoms with Gasteiger partial charge in [-0.1, -0.05) is 26.0 Å². The highest BCUT2D eigenvalue weighted by Crippen LogP contribution is 2.28. The Hall–Kier alpha value is -2.99. The van der Waals surface area contributed by atoms with E-state index in [-0.39, 0.29) is 42.8 Å². The first-order valence-corrected chi connectivity index (χ1v) is 17.2. The number of aliphatic hydroxyl groups excluding tert-OH is 2. The molecule has 3 heterocycles. The van der Waals surface area contributed by atoms with Crippen LogP contribution in [-0.4, -0.2) is 128 Å². The van der Waals surface area contributed by atoms with Crippen molar-refractivity contribution in [1.82, 2.24) is 14.7 Å². The number of likely N-dealkylation sites (tertiary alicyclic amines) is 1. The van der Waals surface area contributed by atoms with Gasteiger partial charge in [0, 0.05) is 57.4 Å². The monoisotopic (exact) mass is 658 g/mol. The van der Waals surface area contributed by atoms with E-state index in [1.165, 1.54) is 12.1 Å². The molecule has 1 aromatic carbocycles. The fourth-order valence-corrected chi connectivity index (χ4v) is 6.76. The first kappa shape index (κ1) is 36.8. The minimum Gasteiger partial charge on any atom is -0.457 e. The summed E-state index contributed by atoms with van der Waals surface area (Å²) in [6.07, 6.45) is 5.83. The topological polar surface area (TPSA) is 106 Å². The number of carbonyl (C=O) groups is 2. The van der Waals surface area contributed by atoms with Gasteiger partial charge in [0.05, 0.1) is 19.1 Å². The number of aliphatic hydroxyl groups is 2. The molecule has 4 rings (SSSR count). The molecule has 2 N–H and O–H groups in total. The lowest BCUT2D eigenvalue weighted by Crippen LogP contribution is -2.47. The molecule has 3 aliphatic rings. The number of rotatable bonds is 7. The van der Waals surface area contributed by atoms with Gasteiger partial charge in [-0.2, -0.15) is 0 Å². The molecule has 0 spiro atoms. The van der Waals surface area contributed by atoms with Gasteiger partial charge in [-0.3, -0.25) is 9.69 Å². The number of anilines is 1. The second kappa shape index (κ2) is 17.4. The number of carbonyl (C=O) groups excluding carboxylic acids is 2. The lowest BCUT2D eigenvalue weighted by Gasteiger charge is -2.36. The molecule has 0 saturated carbocycles. The maximum atomic E-state index is 14.9. The third-order valence-electron chi connectivity index (χ3n) is 9.92. The second-order valence-electron chi connectivity index (χ2n) is 13.7. The molecule has 0 aromatic heterocycles. The highest BCUT2D eigenvalue weighted by Gasteiger charge is 2.30. The van der Waals surface area contributed by atoms with E-state index in [4.69, 9.17) is 9.47 Å². The van der Waals surface area contributed by atoms with Gasteiger partial charge in [0.1, 0.15) is 18.0 Å². The standard InChI is InChI=1S/C36H55FN4O6/c1-25-6-8-32(43)24-34(44)47-35(26(2)7-9-33(25)46-36(45)39(5)30-10-12-38(4)13-11-30)27(3)20-28-21-29(37)23-31(22-28)41-16-14-40(15-17-41)18-19-42/h7,9,20-23,25-26,30,32-33,35,42-43H,6,8,10-19,24H2,1-5H3/b9-7-,27-20+/t25-,26-,32+,33-,35-/m0/s1. The van der Waals surface area contributed by atoms with Crippen LogP contribution in [0.3, 0.4) is 0 Å². The highest BCUT2D eigenvalue weighted by molar-refractivity contribution is 5.71. The number of nitrogens with zero attached hydrogens (tertiary/aromatic N) is 4. The van der Waals surface area contributed by atoms with Crippen LogP contribution in [0.25, 0.3) is 6.08 Å². The van der Waals surface area contributed by atoms with E-state index in [1.807, 2.05) is 45.1 Å². The minimum absolute atomic E-state index is 0.0790. The van der Waals surface area contributed by atoms with Crippen molar-refractivity contribution in [3.8, 4) is 0 Å². The summed E-state index contributed by atoms with van der Waals surface area (Å²) in [7, 11) is 3.88. The Morgan fingerprint density at radius 2 is 1.77 bits per heavy atom. The molecule has 1 amide bonds. The third-order valence-corrected chi connectivity index (χ3v) is 9.92. The fraction of sp³-hybridized carbons (Fsp3) is 0.667. The van der Waals surface area contributed by atoms with Gasteiger partial charge in [0.25, 0.3) is 0 Å². The van der Waals surface area contributed by atoms with Crippen molar-refractivity contribution in [3.05, 3.63) is 47.3 Å². The number of piperazine rings is 1. The summed E-state index contributed by atoms with van der Waals surface area (Å²) < 4.78 is 26.9. The molecule has 262 valence electrons. The van der Waals surface area contributed by atoms with Crippen molar-refractivity contribution in [3.63, 3.8) is 0 Å². The molecule has 10 nitrogen and oxygen atoms in total. The van der Waals surface area contributed by atoms with E-state index in [9.17, 15) is 24.2 Å². The van der Waals surface area contributed by atoms with Gasteiger partial charge in [0.15, 0.2) is 0 Å². The molecule has 1 aromatic rings. The molecule has 47 heavy (non-hydrogen) atoms. The van der Waals surface area contributed by atoms with Gasteiger partial charge in [-0.25, -0.2) is 9.18 Å². The van der Waals surface area contributed by atoms with Crippen LogP contribution in [0.2, 0.25) is 0 Å². The molecule has 3 aliphatic heterocycles. The molecular formula is C36H55FN4O6. The second-order valence-corrected chi connectivity index (χ2v) is 13.7. The summed E-state index contributed by atoms with van der Waals surface area (Å²) in [6.45, 7) is 11.4. The molecule has 0 aliphatic carbocycles. The maximum absolute atomic E-state index is 14.9. The molecule has 0 radical (unpaired) electrons. The molecule has 2 fully saturated rings. The number of amides is 1. The van der Waals surface area contributed by atoms with Gasteiger partial charge < -0.3 is 34.4 Å². The average Bonchev–Trinajstić information content (AvgIpc) is 3.04. The molecule has 11 heteroatoms. The Labute approximate surface area is 279 Å². The van der Waals surface area contributed by atoms with E-state index < -0.39 is 24.3 Å². The highest BCUT2D eigenvalue weighted by atomic mass is 19.1. The fourth-order valence-electron chi connectivity index (χ4n) is 6.76. The first-order chi connectivity index (χ1) is 22.4. The maximum Gasteiger partial charge on any atom is 0.410 e. The predicted octanol–water partition coefficient (Wildman–Crippen LogP) is 4.16. The van der Waals surface area contributed by atoms with Gasteiger partial charge in [-0.05, 0) is 94.1 Å². The number of hydrogen-bond donors (Lipinski definition) is 2. The van der Waals surface area contributed by atoms with Crippen LogP contribution in [0.1, 0.15) is 58.4 Å². The molecule has 0 unspecified atom stereocenters. The smallest absolute Gasteiger partial charge is 0.410 e. The van der Waals surface area contributed by atoms with Crippen molar-refractivity contribution in [2.24, 2.45) is 11.8 Å². The molecule has 0 bridgehead atoms. The van der Waals surface area contributed by atoms with E-state index in [1.54, 1.807) is 11.9 Å². The van der Waals surface area contributed by atoms with Crippen LogP contribution in [0.4, 0.5) is 14.9 Å². The zero-order valence-electron chi connectivity index (χ0n) is 28.8. The van der Waals surface area contributed by atoms with E-state index in [2.05, 4.69) is 21.7 Å². The Morgan fingerprint density at radius 1 is 1.06 bits per heavy atom. The number of ether oxygens (including phenoxy) is 2. The molecule has 5 atom stereocenters. The summed E-state index contributed by atoms with van der Waals surface area (Å²) in [5, 5.41) is 19.9. The lowest BCUT2D eigenvalue weighted by molar-refractivity contribution is -0.151. The van der Waals surface area contributed by atoms with Gasteiger partial charge >= 0.3 is 12.1 Å². The Kier molecular flexibility index (Phi) is 13.7. The van der Waals surface area contributed by atoms with Gasteiger partial charge in [0.2, 0.25) is 0 Å². The molecule has 2 saturated heterocycles. The van der Waals surface area contributed by atoms with Crippen LogP contribution >= 0.6 is 0 Å². The molecular weight excluding hydrogens is 603 g/mol. The van der Waals surface area contributed by atoms with Crippen LogP contribution in [0.15, 0.2) is 35.9 Å². The number of halogens is 1. The number of hydrogen-bond acceptors (Lipinski definition) is 9. The summed E-state index contributed by atoms with van der Waals surface area (Å²) in [5.74, 6) is -1.22. The van der Waals surface area contributed by atoms with Crippen LogP contribution in [0, 0.1) is 17.7 Å². The quantitative estimate of drug-likeness (QED) is 0.330. The largest absolute Gasteiger partial charge is 0.457 e. The lowest BCUT2D eigenvalue weighted by atomic mass is 9.91. The van der Waals surface area contributed by atoms with Crippen LogP contribution < -0.4 is 4.90 Å². The van der Waals surface area contributed by atoms with Gasteiger partial charge in [-0.15, -0.1) is 0 Å². The zero-order valence-corrected chi connectivity index (χ0v) is 28.8. The van der Waals surface area contributed by atoms with E-state index in [0.29, 0.717) is 24.9 Å². The third kappa shape index (κ3) is 10.8. The van der Waals surface area contributed by atoms with E-state index >= 15 is 0 Å². The van der Waals surface area contributed by atoms with Crippen molar-refractivity contribution in [2.75, 3.05) is 71.4 Å². The van der Waals surface area contributed by atoms with Crippen LogP contribution in [0.5, 0.6) is 0 Å². The number of cyclic esters (lactones) is 1. The summed E-state index contributed by atoms with van der Waals surface area (Å²) >= 11 is 0. The Bertz CT molecular complexity index is 1240. The van der Waals surface area contributed by atoms with Crippen molar-refractivity contribution < 1.29 is 33.7 Å².